The number of piperidine rings is 1. The number of morpholine rings is 1. The minimum Gasteiger partial charge on any atom is -0.378 e. The van der Waals surface area contributed by atoms with Crippen molar-refractivity contribution in [2.45, 2.75) is 31.6 Å². The molecule has 1 saturated carbocycles. The van der Waals surface area contributed by atoms with Crippen LogP contribution in [-0.4, -0.2) is 61.8 Å². The van der Waals surface area contributed by atoms with Gasteiger partial charge in [-0.25, -0.2) is 4.98 Å². The molecule has 3 aliphatic rings. The highest BCUT2D eigenvalue weighted by atomic mass is 16.5. The molecule has 3 fully saturated rings. The number of rotatable bonds is 6. The molecule has 2 saturated heterocycles. The van der Waals surface area contributed by atoms with Crippen LogP contribution in [0.4, 0.5) is 11.8 Å². The minimum atomic E-state index is -0.0957. The second kappa shape index (κ2) is 9.22. The lowest BCUT2D eigenvalue weighted by Gasteiger charge is -2.34. The SMILES string of the molecule is O=C(NCC1CC1)c1cc(N2CCOCC2)nc(N2CCCC(c3ccccc3)C2)n1. The molecule has 1 amide bonds. The van der Waals surface area contributed by atoms with Crippen LogP contribution in [0, 0.1) is 5.92 Å². The first kappa shape index (κ1) is 20.2. The van der Waals surface area contributed by atoms with E-state index in [9.17, 15) is 4.79 Å². The number of carbonyl (C=O) groups excluding carboxylic acids is 1. The average Bonchev–Trinajstić information content (AvgIpc) is 3.68. The highest BCUT2D eigenvalue weighted by Gasteiger charge is 2.27. The van der Waals surface area contributed by atoms with Gasteiger partial charge in [0.05, 0.1) is 13.2 Å². The Kier molecular flexibility index (Phi) is 6.02. The third kappa shape index (κ3) is 4.98. The third-order valence-electron chi connectivity index (χ3n) is 6.49. The molecule has 1 aromatic heterocycles. The molecule has 164 valence electrons. The summed E-state index contributed by atoms with van der Waals surface area (Å²) >= 11 is 0. The highest BCUT2D eigenvalue weighted by Crippen LogP contribution is 2.30. The fourth-order valence-corrected chi connectivity index (χ4v) is 4.44. The Hall–Kier alpha value is -2.67. The first-order valence-corrected chi connectivity index (χ1v) is 11.6. The molecule has 0 bridgehead atoms. The fourth-order valence-electron chi connectivity index (χ4n) is 4.44. The van der Waals surface area contributed by atoms with Crippen LogP contribution in [0.2, 0.25) is 0 Å². The van der Waals surface area contributed by atoms with Crippen LogP contribution in [0.1, 0.15) is 47.7 Å². The molecule has 1 unspecified atom stereocenters. The zero-order valence-corrected chi connectivity index (χ0v) is 18.0. The second-order valence-electron chi connectivity index (χ2n) is 8.86. The number of ether oxygens (including phenoxy) is 1. The van der Waals surface area contributed by atoms with Crippen LogP contribution < -0.4 is 15.1 Å². The summed E-state index contributed by atoms with van der Waals surface area (Å²) < 4.78 is 5.51. The first-order chi connectivity index (χ1) is 15.3. The monoisotopic (exact) mass is 421 g/mol. The van der Waals surface area contributed by atoms with Crippen molar-refractivity contribution < 1.29 is 9.53 Å². The molecule has 2 aliphatic heterocycles. The number of hydrogen-bond donors (Lipinski definition) is 1. The van der Waals surface area contributed by atoms with Gasteiger partial charge in [0.15, 0.2) is 0 Å². The number of anilines is 2. The van der Waals surface area contributed by atoms with Crippen molar-refractivity contribution in [1.29, 1.82) is 0 Å². The summed E-state index contributed by atoms with van der Waals surface area (Å²) in [5.74, 6) is 2.49. The maximum atomic E-state index is 12.9. The third-order valence-corrected chi connectivity index (χ3v) is 6.49. The molecule has 5 rings (SSSR count). The molecule has 1 N–H and O–H groups in total. The van der Waals surface area contributed by atoms with Crippen LogP contribution in [0.15, 0.2) is 36.4 Å². The Morgan fingerprint density at radius 2 is 1.84 bits per heavy atom. The number of nitrogens with one attached hydrogen (secondary N) is 1. The van der Waals surface area contributed by atoms with Crippen molar-refractivity contribution in [3.8, 4) is 0 Å². The summed E-state index contributed by atoms with van der Waals surface area (Å²) in [7, 11) is 0. The number of benzene rings is 1. The van der Waals surface area contributed by atoms with E-state index in [2.05, 4.69) is 45.4 Å². The maximum absolute atomic E-state index is 12.9. The topological polar surface area (TPSA) is 70.6 Å². The number of amides is 1. The van der Waals surface area contributed by atoms with Crippen molar-refractivity contribution in [2.75, 3.05) is 55.7 Å². The molecule has 0 spiro atoms. The van der Waals surface area contributed by atoms with Gasteiger partial charge >= 0.3 is 0 Å². The Balaban J connectivity index is 1.40. The first-order valence-electron chi connectivity index (χ1n) is 11.6. The summed E-state index contributed by atoms with van der Waals surface area (Å²) in [6.45, 7) is 5.47. The van der Waals surface area contributed by atoms with Gasteiger partial charge in [-0.2, -0.15) is 4.98 Å². The molecule has 0 radical (unpaired) electrons. The van der Waals surface area contributed by atoms with E-state index in [0.717, 1.165) is 45.0 Å². The molecule has 1 atom stereocenters. The van der Waals surface area contributed by atoms with Crippen molar-refractivity contribution in [2.24, 2.45) is 5.92 Å². The van der Waals surface area contributed by atoms with Crippen molar-refractivity contribution >= 4 is 17.7 Å². The molecule has 7 nitrogen and oxygen atoms in total. The largest absolute Gasteiger partial charge is 0.378 e. The van der Waals surface area contributed by atoms with E-state index in [1.54, 1.807) is 0 Å². The standard InChI is InChI=1S/C24H31N5O2/c30-23(25-16-18-8-9-18)21-15-22(28-11-13-31-14-12-28)27-24(26-21)29-10-4-7-20(17-29)19-5-2-1-3-6-19/h1-3,5-6,15,18,20H,4,7-14,16-17H2,(H,25,30). The summed E-state index contributed by atoms with van der Waals surface area (Å²) in [6.07, 6.45) is 4.68. The van der Waals surface area contributed by atoms with Gasteiger partial charge in [0.2, 0.25) is 5.95 Å². The van der Waals surface area contributed by atoms with Gasteiger partial charge < -0.3 is 19.9 Å². The van der Waals surface area contributed by atoms with Gasteiger partial charge in [0.1, 0.15) is 11.5 Å². The van der Waals surface area contributed by atoms with Gasteiger partial charge in [0.25, 0.3) is 5.91 Å². The van der Waals surface area contributed by atoms with E-state index in [-0.39, 0.29) is 5.91 Å². The van der Waals surface area contributed by atoms with E-state index in [4.69, 9.17) is 14.7 Å². The lowest BCUT2D eigenvalue weighted by Crippen LogP contribution is -2.39. The molecular formula is C24H31N5O2. The number of nitrogens with zero attached hydrogens (tertiary/aromatic N) is 4. The van der Waals surface area contributed by atoms with Crippen LogP contribution >= 0.6 is 0 Å². The van der Waals surface area contributed by atoms with Crippen LogP contribution in [-0.2, 0) is 4.74 Å². The van der Waals surface area contributed by atoms with Crippen molar-refractivity contribution in [3.05, 3.63) is 47.7 Å². The Morgan fingerprint density at radius 3 is 2.61 bits per heavy atom. The maximum Gasteiger partial charge on any atom is 0.270 e. The van der Waals surface area contributed by atoms with Gasteiger partial charge in [0, 0.05) is 44.7 Å². The van der Waals surface area contributed by atoms with E-state index in [0.29, 0.717) is 36.7 Å². The Labute approximate surface area is 183 Å². The van der Waals surface area contributed by atoms with Gasteiger partial charge in [-0.15, -0.1) is 0 Å². The predicted octanol–water partition coefficient (Wildman–Crippen LogP) is 2.84. The normalized spacial score (nSPS) is 21.7. The molecule has 1 aromatic carbocycles. The lowest BCUT2D eigenvalue weighted by atomic mass is 9.91. The molecule has 31 heavy (non-hydrogen) atoms. The van der Waals surface area contributed by atoms with E-state index in [1.165, 1.54) is 24.8 Å². The van der Waals surface area contributed by atoms with Crippen LogP contribution in [0.3, 0.4) is 0 Å². The summed E-state index contributed by atoms with van der Waals surface area (Å²) in [4.78, 5) is 26.9. The van der Waals surface area contributed by atoms with Gasteiger partial charge in [-0.3, -0.25) is 4.79 Å². The van der Waals surface area contributed by atoms with Crippen LogP contribution in [0.5, 0.6) is 0 Å². The molecule has 7 heteroatoms. The van der Waals surface area contributed by atoms with E-state index < -0.39 is 0 Å². The lowest BCUT2D eigenvalue weighted by molar-refractivity contribution is 0.0946. The fraction of sp³-hybridized carbons (Fsp3) is 0.542. The number of hydrogen-bond acceptors (Lipinski definition) is 6. The summed E-state index contributed by atoms with van der Waals surface area (Å²) in [6, 6.07) is 12.5. The molecule has 3 heterocycles. The van der Waals surface area contributed by atoms with Crippen molar-refractivity contribution in [3.63, 3.8) is 0 Å². The summed E-state index contributed by atoms with van der Waals surface area (Å²) in [5, 5.41) is 3.06. The Bertz CT molecular complexity index is 896. The minimum absolute atomic E-state index is 0.0957. The van der Waals surface area contributed by atoms with Gasteiger partial charge in [-0.1, -0.05) is 30.3 Å². The number of carbonyl (C=O) groups is 1. The van der Waals surface area contributed by atoms with Crippen molar-refractivity contribution in [1.82, 2.24) is 15.3 Å². The zero-order chi connectivity index (χ0) is 21.0. The highest BCUT2D eigenvalue weighted by molar-refractivity contribution is 5.93. The molecule has 1 aliphatic carbocycles. The van der Waals surface area contributed by atoms with E-state index in [1.807, 2.05) is 6.07 Å². The van der Waals surface area contributed by atoms with E-state index >= 15 is 0 Å². The zero-order valence-electron chi connectivity index (χ0n) is 18.0. The second-order valence-corrected chi connectivity index (χ2v) is 8.86. The molecular weight excluding hydrogens is 390 g/mol. The Morgan fingerprint density at radius 1 is 1.03 bits per heavy atom. The predicted molar refractivity (Wildman–Crippen MR) is 121 cm³/mol. The smallest absolute Gasteiger partial charge is 0.270 e. The average molecular weight is 422 g/mol. The number of aromatic nitrogens is 2. The molecule has 2 aromatic rings. The van der Waals surface area contributed by atoms with Gasteiger partial charge in [-0.05, 0) is 37.2 Å². The quantitative estimate of drug-likeness (QED) is 0.774. The summed E-state index contributed by atoms with van der Waals surface area (Å²) in [5.41, 5.74) is 1.83. The van der Waals surface area contributed by atoms with Crippen LogP contribution in [0.25, 0.3) is 0 Å².